The summed E-state index contributed by atoms with van der Waals surface area (Å²) in [5.74, 6) is 0.409. The van der Waals surface area contributed by atoms with Gasteiger partial charge >= 0.3 is 0 Å². The van der Waals surface area contributed by atoms with E-state index in [0.717, 1.165) is 68.3 Å². The molecule has 0 amide bonds. The van der Waals surface area contributed by atoms with Crippen molar-refractivity contribution in [2.75, 3.05) is 20.2 Å². The summed E-state index contributed by atoms with van der Waals surface area (Å²) in [5, 5.41) is 12.0. The van der Waals surface area contributed by atoms with Crippen LogP contribution in [0.1, 0.15) is 112 Å². The average molecular weight is 522 g/mol. The van der Waals surface area contributed by atoms with Gasteiger partial charge in [0.05, 0.1) is 30.6 Å². The summed E-state index contributed by atoms with van der Waals surface area (Å²) >= 11 is 0. The van der Waals surface area contributed by atoms with Gasteiger partial charge in [-0.3, -0.25) is 9.28 Å². The second-order valence-electron chi connectivity index (χ2n) is 13.1. The van der Waals surface area contributed by atoms with Crippen molar-refractivity contribution in [3.05, 3.63) is 47.8 Å². The van der Waals surface area contributed by atoms with Gasteiger partial charge in [-0.1, -0.05) is 69.2 Å². The quantitative estimate of drug-likeness (QED) is 0.338. The molecule has 5 nitrogen and oxygen atoms in total. The van der Waals surface area contributed by atoms with Crippen molar-refractivity contribution < 1.29 is 19.1 Å². The molecule has 0 aromatic carbocycles. The van der Waals surface area contributed by atoms with Gasteiger partial charge in [0.2, 0.25) is 0 Å². The van der Waals surface area contributed by atoms with Gasteiger partial charge < -0.3 is 14.4 Å². The van der Waals surface area contributed by atoms with Crippen LogP contribution >= 0.6 is 0 Å². The molecule has 38 heavy (non-hydrogen) atoms. The number of ketones is 1. The first kappa shape index (κ1) is 26.5. The van der Waals surface area contributed by atoms with E-state index >= 15 is 0 Å². The minimum Gasteiger partial charge on any atom is -0.387 e. The lowest BCUT2D eigenvalue weighted by atomic mass is 9.65. The number of ether oxygens (including phenoxy) is 1. The molecule has 0 saturated carbocycles. The van der Waals surface area contributed by atoms with E-state index in [9.17, 15) is 9.90 Å². The zero-order valence-corrected chi connectivity index (χ0v) is 23.5. The molecule has 0 radical (unpaired) electrons. The number of aromatic nitrogens is 1. The maximum absolute atomic E-state index is 14.9. The minimum absolute atomic E-state index is 0.00902. The number of rotatable bonds is 1. The summed E-state index contributed by atoms with van der Waals surface area (Å²) in [7, 11) is 1.89. The molecular weight excluding hydrogens is 472 g/mol. The third-order valence-electron chi connectivity index (χ3n) is 11.0. The first-order valence-electron chi connectivity index (χ1n) is 15.7. The zero-order chi connectivity index (χ0) is 26.2. The Kier molecular flexibility index (Phi) is 7.72. The number of aliphatic hydroxyl groups is 1. The van der Waals surface area contributed by atoms with Crippen LogP contribution in [0.25, 0.3) is 0 Å². The molecule has 5 aliphatic rings. The van der Waals surface area contributed by atoms with Gasteiger partial charge in [-0.05, 0) is 50.2 Å². The van der Waals surface area contributed by atoms with Crippen LogP contribution in [-0.2, 0) is 11.3 Å². The lowest BCUT2D eigenvalue weighted by Crippen LogP contribution is -2.67. The van der Waals surface area contributed by atoms with E-state index in [-0.39, 0.29) is 29.5 Å². The summed E-state index contributed by atoms with van der Waals surface area (Å²) in [6, 6.07) is 2.16. The third kappa shape index (κ3) is 4.37. The lowest BCUT2D eigenvalue weighted by molar-refractivity contribution is -0.993. The Hall–Kier alpha value is -1.69. The van der Waals surface area contributed by atoms with Gasteiger partial charge in [-0.2, -0.15) is 0 Å². The molecular formula is C33H49N2O3+. The summed E-state index contributed by atoms with van der Waals surface area (Å²) in [6.45, 7) is 2.89. The number of methoxy groups -OCH3 is 1. The van der Waals surface area contributed by atoms with Crippen LogP contribution in [0.2, 0.25) is 0 Å². The summed E-state index contributed by atoms with van der Waals surface area (Å²) in [4.78, 5) is 14.9. The molecule has 5 heterocycles. The molecule has 0 unspecified atom stereocenters. The molecule has 1 aliphatic carbocycles. The van der Waals surface area contributed by atoms with Crippen molar-refractivity contribution in [1.29, 1.82) is 0 Å². The van der Waals surface area contributed by atoms with E-state index in [0.29, 0.717) is 12.2 Å². The van der Waals surface area contributed by atoms with E-state index in [1.165, 1.54) is 50.5 Å². The van der Waals surface area contributed by atoms with E-state index in [1.807, 2.05) is 7.11 Å². The van der Waals surface area contributed by atoms with Crippen molar-refractivity contribution in [1.82, 2.24) is 4.57 Å². The fourth-order valence-electron chi connectivity index (χ4n) is 9.62. The van der Waals surface area contributed by atoms with Gasteiger partial charge in [0.25, 0.3) is 0 Å². The number of Topliss-reactive ketones (excluding diaryl/α,β-unsaturated/α-hetero) is 1. The number of carbonyl (C=O) groups excluding carboxylic acids is 1. The van der Waals surface area contributed by atoms with Gasteiger partial charge in [0.15, 0.2) is 12.0 Å². The Labute approximate surface area is 229 Å². The van der Waals surface area contributed by atoms with Crippen LogP contribution in [0, 0.1) is 11.3 Å². The number of quaternary nitrogens is 1. The molecule has 1 aromatic rings. The maximum Gasteiger partial charge on any atom is 0.200 e. The van der Waals surface area contributed by atoms with Crippen LogP contribution < -0.4 is 0 Å². The molecule has 5 heteroatoms. The number of nitrogens with zero attached hydrogens (tertiary/aromatic N) is 2. The second-order valence-corrected chi connectivity index (χ2v) is 13.1. The standard InChI is InChI=1S/C33H49N2O3/c1-38-32-26-23-33-19-14-10-6-2-3-7-11-15-20-34-21-18-25(26)29(34)31(37)28(33)30-27(36)17-13-9-5-4-8-12-16-22-35(30,32)24-33/h4,8-9,13,18,21,26-28,30,32,36H,2-3,5-7,10-12,14-17,19-20,22-24H2,1H3/q+1/b8-4+,13-9-/t26-,27+,28-,30+,32-,33+,35-/m0/s1. The Bertz CT molecular complexity index is 1060. The van der Waals surface area contributed by atoms with Gasteiger partial charge in [0.1, 0.15) is 12.1 Å². The van der Waals surface area contributed by atoms with E-state index < -0.39 is 6.10 Å². The average Bonchev–Trinajstić information content (AvgIpc) is 3.40. The van der Waals surface area contributed by atoms with Crippen LogP contribution in [0.5, 0.6) is 0 Å². The van der Waals surface area contributed by atoms with Gasteiger partial charge in [-0.15, -0.1) is 0 Å². The lowest BCUT2D eigenvalue weighted by Gasteiger charge is -2.53. The Morgan fingerprint density at radius 3 is 2.58 bits per heavy atom. The van der Waals surface area contributed by atoms with Crippen molar-refractivity contribution in [3.8, 4) is 0 Å². The Balaban J connectivity index is 1.51. The Morgan fingerprint density at radius 2 is 1.76 bits per heavy atom. The van der Waals surface area contributed by atoms with Crippen molar-refractivity contribution in [2.24, 2.45) is 11.3 Å². The number of allylic oxidation sites excluding steroid dienone is 3. The summed E-state index contributed by atoms with van der Waals surface area (Å²) in [6.07, 6.45) is 26.5. The molecule has 1 aromatic heterocycles. The predicted molar refractivity (Wildman–Crippen MR) is 151 cm³/mol. The van der Waals surface area contributed by atoms with Crippen LogP contribution in [0.15, 0.2) is 36.6 Å². The SMILES string of the molecule is CO[C@H]1[C@H]2C[C@@]34CCCCCCCCCCn5ccc2c5C(=O)[C@@H]3[C@H]2[C@H](O)C/C=C\C/C=C/CCC[N@+]21C4. The first-order chi connectivity index (χ1) is 18.6. The molecule has 2 fully saturated rings. The van der Waals surface area contributed by atoms with Gasteiger partial charge in [-0.25, -0.2) is 0 Å². The van der Waals surface area contributed by atoms with Crippen LogP contribution in [0.4, 0.5) is 0 Å². The number of carbonyl (C=O) groups is 1. The third-order valence-corrected chi connectivity index (χ3v) is 11.0. The van der Waals surface area contributed by atoms with E-state index in [4.69, 9.17) is 4.74 Å². The highest BCUT2D eigenvalue weighted by Gasteiger charge is 2.74. The molecule has 6 rings (SSSR count). The monoisotopic (exact) mass is 521 g/mol. The summed E-state index contributed by atoms with van der Waals surface area (Å²) in [5.41, 5.74) is 2.14. The molecule has 4 aliphatic heterocycles. The minimum atomic E-state index is -0.533. The van der Waals surface area contributed by atoms with Crippen molar-refractivity contribution >= 4 is 5.78 Å². The van der Waals surface area contributed by atoms with Crippen molar-refractivity contribution in [3.63, 3.8) is 0 Å². The fraction of sp³-hybridized carbons (Fsp3) is 0.727. The number of hydrogen-bond acceptors (Lipinski definition) is 3. The number of aliphatic hydroxyl groups excluding tert-OH is 1. The van der Waals surface area contributed by atoms with Crippen LogP contribution in [0.3, 0.4) is 0 Å². The fourth-order valence-corrected chi connectivity index (χ4v) is 9.62. The first-order valence-corrected chi connectivity index (χ1v) is 15.7. The predicted octanol–water partition coefficient (Wildman–Crippen LogP) is 6.52. The number of hydrogen-bond donors (Lipinski definition) is 1. The topological polar surface area (TPSA) is 51.5 Å². The molecule has 2 saturated heterocycles. The molecule has 1 N–H and O–H groups in total. The number of piperidine rings is 1. The zero-order valence-electron chi connectivity index (χ0n) is 23.5. The molecule has 7 atom stereocenters. The van der Waals surface area contributed by atoms with E-state index in [2.05, 4.69) is 41.1 Å². The summed E-state index contributed by atoms with van der Waals surface area (Å²) < 4.78 is 9.58. The number of fused-ring (bicyclic) bond motifs is 2. The van der Waals surface area contributed by atoms with Crippen LogP contribution in [-0.4, -0.2) is 58.5 Å². The highest BCUT2D eigenvalue weighted by Crippen LogP contribution is 2.64. The van der Waals surface area contributed by atoms with Crippen molar-refractivity contribution in [2.45, 2.75) is 121 Å². The maximum atomic E-state index is 14.9. The molecule has 2 spiro atoms. The highest BCUT2D eigenvalue weighted by atomic mass is 16.5. The normalized spacial score (nSPS) is 41.7. The van der Waals surface area contributed by atoms with E-state index in [1.54, 1.807) is 0 Å². The second kappa shape index (κ2) is 11.1. The van der Waals surface area contributed by atoms with Gasteiger partial charge in [0, 0.05) is 31.7 Å². The molecule has 208 valence electrons. The smallest absolute Gasteiger partial charge is 0.200 e. The Morgan fingerprint density at radius 1 is 1.00 bits per heavy atom. The largest absolute Gasteiger partial charge is 0.387 e. The molecule has 4 bridgehead atoms. The highest BCUT2D eigenvalue weighted by molar-refractivity contribution is 6.00. The number of aryl methyl sites for hydroxylation is 1.